The quantitative estimate of drug-likeness (QED) is 0.895. The van der Waals surface area contributed by atoms with Gasteiger partial charge in [-0.2, -0.15) is 0 Å². The van der Waals surface area contributed by atoms with Crippen molar-refractivity contribution in [3.05, 3.63) is 16.1 Å². The molecule has 1 aliphatic rings. The summed E-state index contributed by atoms with van der Waals surface area (Å²) >= 11 is 3.38. The lowest BCUT2D eigenvalue weighted by Crippen LogP contribution is -2.11. The number of hydrogen-bond acceptors (Lipinski definition) is 4. The van der Waals surface area contributed by atoms with Crippen molar-refractivity contribution in [1.82, 2.24) is 0 Å². The van der Waals surface area contributed by atoms with Gasteiger partial charge < -0.3 is 19.7 Å². The third-order valence-electron chi connectivity index (χ3n) is 3.03. The maximum atomic E-state index is 10.1. The lowest BCUT2D eigenvalue weighted by molar-refractivity contribution is 0.149. The number of hydrogen-bond donors (Lipinski definition) is 2. The maximum Gasteiger partial charge on any atom is 0.203 e. The summed E-state index contributed by atoms with van der Waals surface area (Å²) in [5, 5.41) is 20.0. The number of phenolic OH excluding ortho intramolecular Hbond substituents is 1. The molecular weight excluding hydrogens is 288 g/mol. The Bertz CT molecular complexity index is 441. The van der Waals surface area contributed by atoms with E-state index in [1.54, 1.807) is 6.07 Å². The topological polar surface area (TPSA) is 58.9 Å². The molecule has 94 valence electrons. The van der Waals surface area contributed by atoms with E-state index in [0.717, 1.165) is 12.8 Å². The summed E-state index contributed by atoms with van der Waals surface area (Å²) in [5.41, 5.74) is -0.0118. The molecular formula is C12H15BrO4. The Morgan fingerprint density at radius 1 is 1.35 bits per heavy atom. The summed E-state index contributed by atoms with van der Waals surface area (Å²) in [7, 11) is 2.99. The second-order valence-electron chi connectivity index (χ2n) is 4.32. The molecule has 0 unspecified atom stereocenters. The first-order valence-electron chi connectivity index (χ1n) is 5.35. The van der Waals surface area contributed by atoms with E-state index in [1.807, 2.05) is 0 Å². The zero-order valence-electron chi connectivity index (χ0n) is 9.79. The van der Waals surface area contributed by atoms with Crippen LogP contribution in [0.25, 0.3) is 0 Å². The van der Waals surface area contributed by atoms with Gasteiger partial charge in [-0.05, 0) is 18.9 Å². The number of aromatic hydroxyl groups is 1. The predicted molar refractivity (Wildman–Crippen MR) is 66.8 cm³/mol. The Morgan fingerprint density at radius 2 is 2.00 bits per heavy atom. The molecule has 1 aromatic carbocycles. The van der Waals surface area contributed by atoms with Gasteiger partial charge in [0.1, 0.15) is 0 Å². The van der Waals surface area contributed by atoms with E-state index in [4.69, 9.17) is 9.47 Å². The number of aliphatic hydroxyl groups is 1. The molecule has 0 bridgehead atoms. The summed E-state index contributed by atoms with van der Waals surface area (Å²) in [6.45, 7) is 0. The van der Waals surface area contributed by atoms with Crippen molar-refractivity contribution in [2.45, 2.75) is 24.9 Å². The van der Waals surface area contributed by atoms with Crippen LogP contribution in [-0.2, 0) is 6.42 Å². The maximum absolute atomic E-state index is 10.1. The van der Waals surface area contributed by atoms with Gasteiger partial charge in [-0.15, -0.1) is 0 Å². The van der Waals surface area contributed by atoms with Crippen molar-refractivity contribution in [3.63, 3.8) is 0 Å². The average molecular weight is 303 g/mol. The van der Waals surface area contributed by atoms with Crippen LogP contribution in [0.1, 0.15) is 18.4 Å². The lowest BCUT2D eigenvalue weighted by Gasteiger charge is -2.16. The molecule has 0 spiro atoms. The summed E-state index contributed by atoms with van der Waals surface area (Å²) in [5.74, 6) is 0.789. The molecule has 1 fully saturated rings. The van der Waals surface area contributed by atoms with Crippen LogP contribution in [0.4, 0.5) is 0 Å². The molecule has 17 heavy (non-hydrogen) atoms. The largest absolute Gasteiger partial charge is 0.504 e. The van der Waals surface area contributed by atoms with Gasteiger partial charge in [0.25, 0.3) is 0 Å². The number of phenols is 1. The van der Waals surface area contributed by atoms with Crippen LogP contribution in [0.5, 0.6) is 17.2 Å². The van der Waals surface area contributed by atoms with Crippen LogP contribution in [0.2, 0.25) is 0 Å². The van der Waals surface area contributed by atoms with Gasteiger partial charge in [0, 0.05) is 16.5 Å². The normalized spacial score (nSPS) is 16.7. The van der Waals surface area contributed by atoms with Crippen molar-refractivity contribution in [2.24, 2.45) is 0 Å². The second-order valence-corrected chi connectivity index (χ2v) is 5.18. The Balaban J connectivity index is 2.44. The van der Waals surface area contributed by atoms with E-state index in [2.05, 4.69) is 15.9 Å². The van der Waals surface area contributed by atoms with Crippen LogP contribution in [0.15, 0.2) is 10.5 Å². The van der Waals surface area contributed by atoms with E-state index in [-0.39, 0.29) is 5.75 Å². The molecule has 0 aromatic heterocycles. The molecule has 2 rings (SSSR count). The Labute approximate surface area is 108 Å². The zero-order valence-corrected chi connectivity index (χ0v) is 11.4. The van der Waals surface area contributed by atoms with Crippen LogP contribution in [0, 0.1) is 0 Å². The third-order valence-corrected chi connectivity index (χ3v) is 3.74. The zero-order chi connectivity index (χ0) is 12.6. The van der Waals surface area contributed by atoms with Gasteiger partial charge in [0.2, 0.25) is 5.75 Å². The van der Waals surface area contributed by atoms with Crippen molar-refractivity contribution in [3.8, 4) is 17.2 Å². The van der Waals surface area contributed by atoms with E-state index < -0.39 is 5.60 Å². The Kier molecular flexibility index (Phi) is 3.23. The minimum Gasteiger partial charge on any atom is -0.504 e. The smallest absolute Gasteiger partial charge is 0.203 e. The summed E-state index contributed by atoms with van der Waals surface area (Å²) in [4.78, 5) is 0. The van der Waals surface area contributed by atoms with Gasteiger partial charge in [0.15, 0.2) is 11.5 Å². The molecule has 0 amide bonds. The molecule has 5 heteroatoms. The summed E-state index contributed by atoms with van der Waals surface area (Å²) in [6, 6.07) is 1.74. The average Bonchev–Trinajstić information content (AvgIpc) is 3.02. The van der Waals surface area contributed by atoms with Crippen molar-refractivity contribution in [1.29, 1.82) is 0 Å². The molecule has 0 radical (unpaired) electrons. The standard InChI is InChI=1S/C12H15BrO4/c1-16-9-5-8(13)7(6-12(15)3-4-12)10(14)11(9)17-2/h5,14-15H,3-4,6H2,1-2H3. The molecule has 1 aromatic rings. The highest BCUT2D eigenvalue weighted by molar-refractivity contribution is 9.10. The number of rotatable bonds is 4. The number of ether oxygens (including phenoxy) is 2. The number of methoxy groups -OCH3 is 2. The SMILES string of the molecule is COc1cc(Br)c(CC2(O)CC2)c(O)c1OC. The van der Waals surface area contributed by atoms with Gasteiger partial charge in [-0.25, -0.2) is 0 Å². The predicted octanol–water partition coefficient (Wildman–Crippen LogP) is 2.24. The van der Waals surface area contributed by atoms with E-state index in [9.17, 15) is 10.2 Å². The summed E-state index contributed by atoms with van der Waals surface area (Å²) in [6.07, 6.45) is 1.96. The van der Waals surface area contributed by atoms with Gasteiger partial charge in [-0.3, -0.25) is 0 Å². The van der Waals surface area contributed by atoms with Crippen LogP contribution in [-0.4, -0.2) is 30.0 Å². The molecule has 0 aliphatic heterocycles. The molecule has 0 heterocycles. The highest BCUT2D eigenvalue weighted by Gasteiger charge is 2.41. The first-order chi connectivity index (χ1) is 8.00. The first kappa shape index (κ1) is 12.5. The molecule has 2 N–H and O–H groups in total. The first-order valence-corrected chi connectivity index (χ1v) is 6.15. The van der Waals surface area contributed by atoms with Crippen molar-refractivity contribution in [2.75, 3.05) is 14.2 Å². The van der Waals surface area contributed by atoms with E-state index >= 15 is 0 Å². The van der Waals surface area contributed by atoms with Crippen LogP contribution < -0.4 is 9.47 Å². The number of benzene rings is 1. The summed E-state index contributed by atoms with van der Waals surface area (Å²) < 4.78 is 11.0. The van der Waals surface area contributed by atoms with E-state index in [1.165, 1.54) is 14.2 Å². The van der Waals surface area contributed by atoms with Gasteiger partial charge >= 0.3 is 0 Å². The van der Waals surface area contributed by atoms with E-state index in [0.29, 0.717) is 28.0 Å². The number of halogens is 1. The highest BCUT2D eigenvalue weighted by Crippen LogP contribution is 2.47. The molecule has 0 saturated heterocycles. The second kappa shape index (κ2) is 4.38. The Hall–Kier alpha value is -0.940. The van der Waals surface area contributed by atoms with Gasteiger partial charge in [-0.1, -0.05) is 15.9 Å². The molecule has 1 saturated carbocycles. The minimum absolute atomic E-state index is 0.0269. The fraction of sp³-hybridized carbons (Fsp3) is 0.500. The van der Waals surface area contributed by atoms with Crippen molar-refractivity contribution >= 4 is 15.9 Å². The molecule has 1 aliphatic carbocycles. The minimum atomic E-state index is -0.667. The molecule has 0 atom stereocenters. The highest BCUT2D eigenvalue weighted by atomic mass is 79.9. The fourth-order valence-electron chi connectivity index (χ4n) is 1.80. The Morgan fingerprint density at radius 3 is 2.47 bits per heavy atom. The third kappa shape index (κ3) is 2.35. The van der Waals surface area contributed by atoms with Crippen LogP contribution >= 0.6 is 15.9 Å². The lowest BCUT2D eigenvalue weighted by atomic mass is 10.0. The molecule has 4 nitrogen and oxygen atoms in total. The van der Waals surface area contributed by atoms with Crippen molar-refractivity contribution < 1.29 is 19.7 Å². The van der Waals surface area contributed by atoms with Gasteiger partial charge in [0.05, 0.1) is 19.8 Å². The fourth-order valence-corrected chi connectivity index (χ4v) is 2.34. The van der Waals surface area contributed by atoms with Crippen LogP contribution in [0.3, 0.4) is 0 Å². The monoisotopic (exact) mass is 302 g/mol.